The lowest BCUT2D eigenvalue weighted by Crippen LogP contribution is -2.03. The molecule has 0 saturated carbocycles. The molecule has 0 radical (unpaired) electrons. The van der Waals surface area contributed by atoms with Crippen LogP contribution in [0.3, 0.4) is 0 Å². The normalized spacial score (nSPS) is 13.1. The fraction of sp³-hybridized carbons (Fsp3) is 1.00. The predicted molar refractivity (Wildman–Crippen MR) is 57.4 cm³/mol. The highest BCUT2D eigenvalue weighted by molar-refractivity contribution is 7.71. The van der Waals surface area contributed by atoms with E-state index in [0.717, 1.165) is 0 Å². The van der Waals surface area contributed by atoms with Crippen LogP contribution in [0.2, 0.25) is 0 Å². The molecule has 8 heteroatoms. The van der Waals surface area contributed by atoms with Crippen LogP contribution < -0.4 is 0 Å². The summed E-state index contributed by atoms with van der Waals surface area (Å²) < 4.78 is 43.0. The van der Waals surface area contributed by atoms with Crippen molar-refractivity contribution >= 4 is 15.2 Å². The fourth-order valence-corrected chi connectivity index (χ4v) is 5.20. The fourth-order valence-electron chi connectivity index (χ4n) is 0.914. The van der Waals surface area contributed by atoms with E-state index in [9.17, 15) is 9.13 Å². The SMILES string of the molecule is CCOP(=O)(CP(=O)(OC)OC)OCC. The first-order valence-electron chi connectivity index (χ1n) is 4.54. The summed E-state index contributed by atoms with van der Waals surface area (Å²) in [5.41, 5.74) is 0. The maximum Gasteiger partial charge on any atom is 0.342 e. The quantitative estimate of drug-likeness (QED) is 0.625. The molecule has 0 aliphatic rings. The van der Waals surface area contributed by atoms with Gasteiger partial charge in [0.2, 0.25) is 0 Å². The Morgan fingerprint density at radius 2 is 1.27 bits per heavy atom. The molecule has 0 spiro atoms. The van der Waals surface area contributed by atoms with E-state index < -0.39 is 15.2 Å². The van der Waals surface area contributed by atoms with Gasteiger partial charge < -0.3 is 18.1 Å². The third kappa shape index (κ3) is 5.25. The first kappa shape index (κ1) is 15.3. The Morgan fingerprint density at radius 1 is 0.867 bits per heavy atom. The second kappa shape index (κ2) is 6.79. The van der Waals surface area contributed by atoms with Crippen molar-refractivity contribution in [3.63, 3.8) is 0 Å². The zero-order chi connectivity index (χ0) is 11.9. The van der Waals surface area contributed by atoms with Crippen molar-refractivity contribution in [3.05, 3.63) is 0 Å². The van der Waals surface area contributed by atoms with Crippen molar-refractivity contribution in [1.29, 1.82) is 0 Å². The summed E-state index contributed by atoms with van der Waals surface area (Å²) in [6.45, 7) is 3.78. The van der Waals surface area contributed by atoms with E-state index in [1.54, 1.807) is 13.8 Å². The predicted octanol–water partition coefficient (Wildman–Crippen LogP) is 2.70. The van der Waals surface area contributed by atoms with Gasteiger partial charge in [0, 0.05) is 14.2 Å². The Bertz CT molecular complexity index is 248. The third-order valence-electron chi connectivity index (χ3n) is 1.55. The van der Waals surface area contributed by atoms with E-state index in [0.29, 0.717) is 0 Å². The molecule has 0 aromatic heterocycles. The average Bonchev–Trinajstić information content (AvgIpc) is 2.18. The van der Waals surface area contributed by atoms with E-state index in [4.69, 9.17) is 9.05 Å². The summed E-state index contributed by atoms with van der Waals surface area (Å²) in [6, 6.07) is 0. The molecule has 0 atom stereocenters. The van der Waals surface area contributed by atoms with Gasteiger partial charge in [0.1, 0.15) is 0 Å². The molecule has 0 amide bonds. The average molecular weight is 260 g/mol. The van der Waals surface area contributed by atoms with Crippen LogP contribution in [-0.4, -0.2) is 33.3 Å². The minimum atomic E-state index is -3.39. The van der Waals surface area contributed by atoms with Gasteiger partial charge in [-0.2, -0.15) is 0 Å². The maximum atomic E-state index is 12.0. The molecular formula is C7H18O6P2. The molecule has 0 aromatic carbocycles. The van der Waals surface area contributed by atoms with Crippen molar-refractivity contribution in [2.75, 3.05) is 33.3 Å². The van der Waals surface area contributed by atoms with Crippen molar-refractivity contribution in [3.8, 4) is 0 Å². The van der Waals surface area contributed by atoms with Crippen molar-refractivity contribution in [1.82, 2.24) is 0 Å². The molecule has 0 aliphatic carbocycles. The Labute approximate surface area is 90.3 Å². The van der Waals surface area contributed by atoms with E-state index in [-0.39, 0.29) is 19.1 Å². The van der Waals surface area contributed by atoms with Gasteiger partial charge in [0.25, 0.3) is 0 Å². The summed E-state index contributed by atoms with van der Waals surface area (Å²) in [5.74, 6) is -0.366. The van der Waals surface area contributed by atoms with Gasteiger partial charge in [-0.3, -0.25) is 9.13 Å². The van der Waals surface area contributed by atoms with Gasteiger partial charge in [0.05, 0.1) is 13.2 Å². The number of hydrogen-bond donors (Lipinski definition) is 0. The van der Waals surface area contributed by atoms with Crippen LogP contribution in [0.15, 0.2) is 0 Å². The summed E-state index contributed by atoms with van der Waals surface area (Å²) in [6.07, 6.45) is 0. The first-order chi connectivity index (χ1) is 6.95. The van der Waals surface area contributed by atoms with E-state index in [1.807, 2.05) is 0 Å². The smallest absolute Gasteiger partial charge is 0.311 e. The molecule has 6 nitrogen and oxygen atoms in total. The highest BCUT2D eigenvalue weighted by atomic mass is 31.2. The summed E-state index contributed by atoms with van der Waals surface area (Å²) in [5, 5.41) is 0. The molecule has 0 aromatic rings. The Hall–Kier alpha value is 0.300. The lowest BCUT2D eigenvalue weighted by molar-refractivity contribution is 0.218. The molecule has 15 heavy (non-hydrogen) atoms. The van der Waals surface area contributed by atoms with Crippen molar-refractivity contribution < 1.29 is 27.2 Å². The molecule has 0 fully saturated rings. The lowest BCUT2D eigenvalue weighted by atomic mass is 10.9. The van der Waals surface area contributed by atoms with Crippen LogP contribution in [0.1, 0.15) is 13.8 Å². The minimum Gasteiger partial charge on any atom is -0.311 e. The Morgan fingerprint density at radius 3 is 1.53 bits per heavy atom. The van der Waals surface area contributed by atoms with Gasteiger partial charge in [-0.05, 0) is 13.8 Å². The molecule has 92 valence electrons. The monoisotopic (exact) mass is 260 g/mol. The van der Waals surface area contributed by atoms with Crippen LogP contribution in [0.5, 0.6) is 0 Å². The zero-order valence-corrected chi connectivity index (χ0v) is 11.3. The van der Waals surface area contributed by atoms with Gasteiger partial charge in [0.15, 0.2) is 5.90 Å². The van der Waals surface area contributed by atoms with Gasteiger partial charge >= 0.3 is 15.2 Å². The highest BCUT2D eigenvalue weighted by Gasteiger charge is 2.36. The molecule has 0 saturated heterocycles. The van der Waals surface area contributed by atoms with E-state index >= 15 is 0 Å². The molecule has 0 bridgehead atoms. The van der Waals surface area contributed by atoms with Crippen molar-refractivity contribution in [2.24, 2.45) is 0 Å². The largest absolute Gasteiger partial charge is 0.342 e. The van der Waals surface area contributed by atoms with Crippen LogP contribution in [0.4, 0.5) is 0 Å². The summed E-state index contributed by atoms with van der Waals surface area (Å²) in [4.78, 5) is 0. The third-order valence-corrected chi connectivity index (χ3v) is 6.74. The number of rotatable bonds is 8. The highest BCUT2D eigenvalue weighted by Crippen LogP contribution is 2.63. The van der Waals surface area contributed by atoms with Crippen LogP contribution in [0, 0.1) is 0 Å². The van der Waals surface area contributed by atoms with Crippen molar-refractivity contribution in [2.45, 2.75) is 13.8 Å². The molecule has 0 rings (SSSR count). The first-order valence-corrected chi connectivity index (χ1v) is 7.99. The van der Waals surface area contributed by atoms with Crippen LogP contribution in [-0.2, 0) is 27.2 Å². The zero-order valence-electron chi connectivity index (χ0n) is 9.47. The molecular weight excluding hydrogens is 242 g/mol. The minimum absolute atomic E-state index is 0.213. The Balaban J connectivity index is 4.66. The molecule has 0 aliphatic heterocycles. The van der Waals surface area contributed by atoms with E-state index in [1.165, 1.54) is 14.2 Å². The standard InChI is InChI=1S/C7H18O6P2/c1-5-12-15(9,13-6-2)7-14(8,10-3)11-4/h5-7H2,1-4H3. The van der Waals surface area contributed by atoms with Gasteiger partial charge in [-0.25, -0.2) is 0 Å². The topological polar surface area (TPSA) is 71.1 Å². The molecule has 0 heterocycles. The Kier molecular flexibility index (Phi) is 6.93. The second-order valence-corrected chi connectivity index (χ2v) is 7.39. The molecule has 0 unspecified atom stereocenters. The second-order valence-electron chi connectivity index (χ2n) is 2.56. The summed E-state index contributed by atoms with van der Waals surface area (Å²) in [7, 11) is -4.30. The van der Waals surface area contributed by atoms with Crippen LogP contribution >= 0.6 is 15.2 Å². The number of hydrogen-bond acceptors (Lipinski definition) is 6. The van der Waals surface area contributed by atoms with Crippen LogP contribution in [0.25, 0.3) is 0 Å². The van der Waals surface area contributed by atoms with E-state index in [2.05, 4.69) is 9.05 Å². The summed E-state index contributed by atoms with van der Waals surface area (Å²) >= 11 is 0. The van der Waals surface area contributed by atoms with Gasteiger partial charge in [-0.1, -0.05) is 0 Å². The lowest BCUT2D eigenvalue weighted by Gasteiger charge is -2.20. The maximum absolute atomic E-state index is 12.0. The van der Waals surface area contributed by atoms with Gasteiger partial charge in [-0.15, -0.1) is 0 Å². The molecule has 0 N–H and O–H groups in total.